The molecule has 5 rings (SSSR count). The van der Waals surface area contributed by atoms with Crippen molar-refractivity contribution in [3.05, 3.63) is 70.7 Å². The number of hydrogen-bond donors (Lipinski definition) is 2. The molecule has 2 aromatic heterocycles. The summed E-state index contributed by atoms with van der Waals surface area (Å²) in [5.41, 5.74) is 2.17. The van der Waals surface area contributed by atoms with Crippen molar-refractivity contribution >= 4 is 68.3 Å². The summed E-state index contributed by atoms with van der Waals surface area (Å²) in [7, 11) is 0. The van der Waals surface area contributed by atoms with E-state index in [4.69, 9.17) is 27.8 Å². The van der Waals surface area contributed by atoms with E-state index in [9.17, 15) is 0 Å². The highest BCUT2D eigenvalue weighted by Gasteiger charge is 2.15. The Hall–Kier alpha value is -3.42. The molecule has 0 amide bonds. The number of rotatable bonds is 4. The summed E-state index contributed by atoms with van der Waals surface area (Å²) < 4.78 is 4.76. The molecule has 29 heavy (non-hydrogen) atoms. The average molecular weight is 423 g/mol. The van der Waals surface area contributed by atoms with Crippen LogP contribution in [0.2, 0.25) is 10.0 Å². The van der Waals surface area contributed by atoms with Crippen LogP contribution in [0.1, 0.15) is 0 Å². The van der Waals surface area contributed by atoms with Crippen LogP contribution in [0.4, 0.5) is 23.0 Å². The van der Waals surface area contributed by atoms with Gasteiger partial charge in [-0.2, -0.15) is 0 Å². The highest BCUT2D eigenvalue weighted by atomic mass is 35.5. The Bertz CT molecular complexity index is 1350. The van der Waals surface area contributed by atoms with Crippen molar-refractivity contribution in [3.63, 3.8) is 0 Å². The Morgan fingerprint density at radius 2 is 1.45 bits per heavy atom. The summed E-state index contributed by atoms with van der Waals surface area (Å²) in [6, 6.07) is 19.3. The SMILES string of the molecule is Clc1ccc(Nc2nc3nonc3nc2Nc2cccc3ccccc23)cc1Cl. The second-order valence-corrected chi connectivity index (χ2v) is 7.05. The van der Waals surface area contributed by atoms with Crippen LogP contribution in [0.3, 0.4) is 0 Å². The van der Waals surface area contributed by atoms with Gasteiger partial charge in [0.25, 0.3) is 0 Å². The first-order chi connectivity index (χ1) is 14.2. The fourth-order valence-electron chi connectivity index (χ4n) is 2.98. The first-order valence-electron chi connectivity index (χ1n) is 8.64. The molecule has 0 fully saturated rings. The lowest BCUT2D eigenvalue weighted by molar-refractivity contribution is 0.314. The molecule has 9 heteroatoms. The highest BCUT2D eigenvalue weighted by Crippen LogP contribution is 2.32. The second-order valence-electron chi connectivity index (χ2n) is 6.24. The smallest absolute Gasteiger partial charge is 0.245 e. The molecule has 3 aromatic carbocycles. The number of anilines is 4. The van der Waals surface area contributed by atoms with Crippen LogP contribution < -0.4 is 10.6 Å². The van der Waals surface area contributed by atoms with Gasteiger partial charge in [0, 0.05) is 16.8 Å². The van der Waals surface area contributed by atoms with Crippen LogP contribution in [0.15, 0.2) is 65.3 Å². The Morgan fingerprint density at radius 3 is 2.24 bits per heavy atom. The molecule has 0 bridgehead atoms. The van der Waals surface area contributed by atoms with Crippen LogP contribution in [0, 0.1) is 0 Å². The van der Waals surface area contributed by atoms with Crippen LogP contribution in [-0.4, -0.2) is 20.3 Å². The summed E-state index contributed by atoms with van der Waals surface area (Å²) in [6.45, 7) is 0. The Labute approximate surface area is 174 Å². The van der Waals surface area contributed by atoms with Crippen molar-refractivity contribution in [2.24, 2.45) is 0 Å². The largest absolute Gasteiger partial charge is 0.337 e. The summed E-state index contributed by atoms with van der Waals surface area (Å²) >= 11 is 12.1. The van der Waals surface area contributed by atoms with Gasteiger partial charge in [-0.05, 0) is 40.0 Å². The zero-order chi connectivity index (χ0) is 19.8. The second kappa shape index (κ2) is 7.20. The van der Waals surface area contributed by atoms with Gasteiger partial charge in [0.15, 0.2) is 11.6 Å². The van der Waals surface area contributed by atoms with Gasteiger partial charge in [-0.3, -0.25) is 0 Å². The topological polar surface area (TPSA) is 88.8 Å². The minimum Gasteiger partial charge on any atom is -0.337 e. The van der Waals surface area contributed by atoms with E-state index in [1.807, 2.05) is 42.5 Å². The zero-order valence-corrected chi connectivity index (χ0v) is 16.2. The molecule has 2 heterocycles. The van der Waals surface area contributed by atoms with Gasteiger partial charge in [0.1, 0.15) is 0 Å². The molecule has 0 atom stereocenters. The normalized spacial score (nSPS) is 11.1. The van der Waals surface area contributed by atoms with Gasteiger partial charge in [-0.25, -0.2) is 14.6 Å². The van der Waals surface area contributed by atoms with E-state index in [-0.39, 0.29) is 5.65 Å². The zero-order valence-electron chi connectivity index (χ0n) is 14.7. The lowest BCUT2D eigenvalue weighted by atomic mass is 10.1. The Morgan fingerprint density at radius 1 is 0.724 bits per heavy atom. The van der Waals surface area contributed by atoms with Crippen LogP contribution in [0.5, 0.6) is 0 Å². The standard InChI is InChI=1S/C20H12Cl2N6O/c21-14-9-8-12(10-15(14)22)23-17-18(26-20-19(25-17)27-29-28-20)24-16-7-3-5-11-4-1-2-6-13(11)16/h1-10H,(H,23,25,27)(H,24,26,28). The van der Waals surface area contributed by atoms with Crippen molar-refractivity contribution in [3.8, 4) is 0 Å². The lowest BCUT2D eigenvalue weighted by Gasteiger charge is -2.13. The van der Waals surface area contributed by atoms with Gasteiger partial charge in [-0.15, -0.1) is 0 Å². The summed E-state index contributed by atoms with van der Waals surface area (Å²) in [4.78, 5) is 8.99. The summed E-state index contributed by atoms with van der Waals surface area (Å²) in [6.07, 6.45) is 0. The average Bonchev–Trinajstić information content (AvgIpc) is 3.18. The van der Waals surface area contributed by atoms with Crippen LogP contribution in [0.25, 0.3) is 22.1 Å². The molecule has 0 saturated carbocycles. The molecule has 0 radical (unpaired) electrons. The molecule has 5 aromatic rings. The van der Waals surface area contributed by atoms with Crippen molar-refractivity contribution < 1.29 is 4.63 Å². The third-order valence-corrected chi connectivity index (χ3v) is 5.08. The summed E-state index contributed by atoms with van der Waals surface area (Å²) in [5.74, 6) is 0.912. The highest BCUT2D eigenvalue weighted by molar-refractivity contribution is 6.42. The minimum atomic E-state index is 0.288. The van der Waals surface area contributed by atoms with E-state index < -0.39 is 0 Å². The fourth-order valence-corrected chi connectivity index (χ4v) is 3.28. The molecule has 142 valence electrons. The Balaban J connectivity index is 1.60. The number of nitrogens with zero attached hydrogens (tertiary/aromatic N) is 4. The van der Waals surface area contributed by atoms with Gasteiger partial charge in [-0.1, -0.05) is 59.6 Å². The third kappa shape index (κ3) is 3.41. The van der Waals surface area contributed by atoms with E-state index in [0.29, 0.717) is 33.0 Å². The Kier molecular flexibility index (Phi) is 4.38. The van der Waals surface area contributed by atoms with Crippen molar-refractivity contribution in [2.75, 3.05) is 10.6 Å². The first kappa shape index (κ1) is 17.7. The maximum Gasteiger partial charge on any atom is 0.245 e. The molecular formula is C20H12Cl2N6O. The predicted octanol–water partition coefficient (Wildman–Crippen LogP) is 5.96. The van der Waals surface area contributed by atoms with Gasteiger partial charge < -0.3 is 10.6 Å². The van der Waals surface area contributed by atoms with Crippen LogP contribution in [-0.2, 0) is 0 Å². The number of benzene rings is 3. The monoisotopic (exact) mass is 422 g/mol. The van der Waals surface area contributed by atoms with Crippen molar-refractivity contribution in [1.29, 1.82) is 0 Å². The third-order valence-electron chi connectivity index (χ3n) is 4.34. The lowest BCUT2D eigenvalue weighted by Crippen LogP contribution is -2.03. The van der Waals surface area contributed by atoms with E-state index in [2.05, 4.69) is 30.9 Å². The fraction of sp³-hybridized carbons (Fsp3) is 0. The molecule has 0 spiro atoms. The predicted molar refractivity (Wildman–Crippen MR) is 114 cm³/mol. The number of nitrogens with one attached hydrogen (secondary N) is 2. The minimum absolute atomic E-state index is 0.288. The maximum absolute atomic E-state index is 6.13. The molecule has 0 aliphatic rings. The molecule has 0 aliphatic heterocycles. The van der Waals surface area contributed by atoms with Crippen LogP contribution >= 0.6 is 23.2 Å². The maximum atomic E-state index is 6.13. The molecular weight excluding hydrogens is 411 g/mol. The number of halogens is 2. The molecule has 0 aliphatic carbocycles. The quantitative estimate of drug-likeness (QED) is 0.369. The van der Waals surface area contributed by atoms with E-state index >= 15 is 0 Å². The van der Waals surface area contributed by atoms with Gasteiger partial charge >= 0.3 is 0 Å². The van der Waals surface area contributed by atoms with E-state index in [1.54, 1.807) is 18.2 Å². The first-order valence-corrected chi connectivity index (χ1v) is 9.40. The number of fused-ring (bicyclic) bond motifs is 2. The number of hydrogen-bond acceptors (Lipinski definition) is 7. The van der Waals surface area contributed by atoms with Gasteiger partial charge in [0.2, 0.25) is 11.3 Å². The molecule has 7 nitrogen and oxygen atoms in total. The van der Waals surface area contributed by atoms with E-state index in [1.165, 1.54) is 0 Å². The molecule has 0 unspecified atom stereocenters. The van der Waals surface area contributed by atoms with Gasteiger partial charge in [0.05, 0.1) is 10.0 Å². The van der Waals surface area contributed by atoms with Crippen molar-refractivity contribution in [2.45, 2.75) is 0 Å². The molecule has 0 saturated heterocycles. The molecule has 2 N–H and O–H groups in total. The summed E-state index contributed by atoms with van der Waals surface area (Å²) in [5, 5.41) is 17.2. The van der Waals surface area contributed by atoms with Crippen molar-refractivity contribution in [1.82, 2.24) is 20.3 Å². The van der Waals surface area contributed by atoms with E-state index in [0.717, 1.165) is 16.5 Å². The number of aromatic nitrogens is 4.